The first-order chi connectivity index (χ1) is 14.1. The molecule has 0 aliphatic heterocycles. The molecule has 3 aromatic carbocycles. The van der Waals surface area contributed by atoms with Crippen LogP contribution in [0.15, 0.2) is 66.7 Å². The van der Waals surface area contributed by atoms with Gasteiger partial charge in [-0.2, -0.15) is 0 Å². The predicted molar refractivity (Wildman–Crippen MR) is 120 cm³/mol. The third kappa shape index (κ3) is 6.97. The standard InChI is InChI=1S/C24H25Cl2NO2/c1-2-28-24-15-20(16-27-14-13-18-3-8-21(25)9-4-18)7-12-23(24)29-17-19-5-10-22(26)11-6-19/h3-12,15,27H,2,13-14,16-17H2,1H3. The maximum Gasteiger partial charge on any atom is 0.161 e. The van der Waals surface area contributed by atoms with Crippen LogP contribution in [0.25, 0.3) is 0 Å². The Bertz CT molecular complexity index is 896. The Morgan fingerprint density at radius 3 is 2.00 bits per heavy atom. The molecule has 3 nitrogen and oxygen atoms in total. The van der Waals surface area contributed by atoms with Crippen molar-refractivity contribution in [3.63, 3.8) is 0 Å². The summed E-state index contributed by atoms with van der Waals surface area (Å²) in [6, 6.07) is 21.7. The Morgan fingerprint density at radius 1 is 0.724 bits per heavy atom. The molecule has 5 heteroatoms. The molecule has 0 heterocycles. The highest BCUT2D eigenvalue weighted by Gasteiger charge is 2.07. The van der Waals surface area contributed by atoms with E-state index in [1.165, 1.54) is 5.56 Å². The van der Waals surface area contributed by atoms with Gasteiger partial charge >= 0.3 is 0 Å². The molecular weight excluding hydrogens is 405 g/mol. The quantitative estimate of drug-likeness (QED) is 0.383. The smallest absolute Gasteiger partial charge is 0.161 e. The van der Waals surface area contributed by atoms with Gasteiger partial charge in [0, 0.05) is 16.6 Å². The fraction of sp³-hybridized carbons (Fsp3) is 0.250. The van der Waals surface area contributed by atoms with E-state index in [4.69, 9.17) is 32.7 Å². The van der Waals surface area contributed by atoms with E-state index in [2.05, 4.69) is 23.5 Å². The molecule has 0 radical (unpaired) electrons. The fourth-order valence-electron chi connectivity index (χ4n) is 2.91. The topological polar surface area (TPSA) is 30.5 Å². The lowest BCUT2D eigenvalue weighted by Crippen LogP contribution is -2.16. The number of ether oxygens (including phenoxy) is 2. The number of nitrogens with one attached hydrogen (secondary N) is 1. The molecule has 0 atom stereocenters. The van der Waals surface area contributed by atoms with Crippen molar-refractivity contribution >= 4 is 23.2 Å². The van der Waals surface area contributed by atoms with Crippen LogP contribution in [-0.4, -0.2) is 13.2 Å². The van der Waals surface area contributed by atoms with Crippen LogP contribution < -0.4 is 14.8 Å². The zero-order valence-corrected chi connectivity index (χ0v) is 18.0. The molecule has 0 fully saturated rings. The first-order valence-corrected chi connectivity index (χ1v) is 10.5. The minimum atomic E-state index is 0.468. The number of hydrogen-bond donors (Lipinski definition) is 1. The highest BCUT2D eigenvalue weighted by molar-refractivity contribution is 6.30. The second kappa shape index (κ2) is 11.1. The molecule has 0 spiro atoms. The predicted octanol–water partition coefficient (Wildman–Crippen LogP) is 6.30. The summed E-state index contributed by atoms with van der Waals surface area (Å²) >= 11 is 11.9. The lowest BCUT2D eigenvalue weighted by Gasteiger charge is -2.14. The molecule has 3 rings (SSSR count). The van der Waals surface area contributed by atoms with Crippen LogP contribution in [-0.2, 0) is 19.6 Å². The van der Waals surface area contributed by atoms with E-state index >= 15 is 0 Å². The van der Waals surface area contributed by atoms with Gasteiger partial charge in [0.05, 0.1) is 6.61 Å². The highest BCUT2D eigenvalue weighted by atomic mass is 35.5. The molecule has 0 bridgehead atoms. The monoisotopic (exact) mass is 429 g/mol. The molecule has 0 aliphatic carbocycles. The van der Waals surface area contributed by atoms with Crippen LogP contribution in [0.4, 0.5) is 0 Å². The Balaban J connectivity index is 1.53. The van der Waals surface area contributed by atoms with Crippen LogP contribution in [0.5, 0.6) is 11.5 Å². The molecule has 29 heavy (non-hydrogen) atoms. The van der Waals surface area contributed by atoms with E-state index < -0.39 is 0 Å². The van der Waals surface area contributed by atoms with Gasteiger partial charge in [-0.3, -0.25) is 0 Å². The molecule has 0 saturated carbocycles. The summed E-state index contributed by atoms with van der Waals surface area (Å²) in [5.74, 6) is 1.50. The van der Waals surface area contributed by atoms with Crippen molar-refractivity contribution in [3.8, 4) is 11.5 Å². The summed E-state index contributed by atoms with van der Waals surface area (Å²) in [6.45, 7) is 4.69. The Labute approximate surface area is 182 Å². The molecule has 0 aliphatic rings. The Kier molecular flexibility index (Phi) is 8.24. The van der Waals surface area contributed by atoms with Crippen molar-refractivity contribution in [1.29, 1.82) is 0 Å². The number of benzene rings is 3. The van der Waals surface area contributed by atoms with Crippen molar-refractivity contribution < 1.29 is 9.47 Å². The lowest BCUT2D eigenvalue weighted by molar-refractivity contribution is 0.269. The van der Waals surface area contributed by atoms with Crippen LogP contribution >= 0.6 is 23.2 Å². The summed E-state index contributed by atoms with van der Waals surface area (Å²) in [4.78, 5) is 0. The van der Waals surface area contributed by atoms with Gasteiger partial charge in [-0.15, -0.1) is 0 Å². The average molecular weight is 430 g/mol. The molecule has 0 unspecified atom stereocenters. The van der Waals surface area contributed by atoms with E-state index in [-0.39, 0.29) is 0 Å². The number of hydrogen-bond acceptors (Lipinski definition) is 3. The van der Waals surface area contributed by atoms with Gasteiger partial charge in [-0.05, 0) is 73.0 Å². The average Bonchev–Trinajstić information content (AvgIpc) is 2.73. The molecule has 1 N–H and O–H groups in total. The SMILES string of the molecule is CCOc1cc(CNCCc2ccc(Cl)cc2)ccc1OCc1ccc(Cl)cc1. The van der Waals surface area contributed by atoms with Crippen molar-refractivity contribution in [3.05, 3.63) is 93.5 Å². The van der Waals surface area contributed by atoms with Crippen LogP contribution in [0.2, 0.25) is 10.0 Å². The lowest BCUT2D eigenvalue weighted by atomic mass is 10.1. The first-order valence-electron chi connectivity index (χ1n) is 9.72. The van der Waals surface area contributed by atoms with Crippen molar-refractivity contribution in [1.82, 2.24) is 5.32 Å². The summed E-state index contributed by atoms with van der Waals surface area (Å²) in [5, 5.41) is 4.96. The van der Waals surface area contributed by atoms with Crippen LogP contribution in [0, 0.1) is 0 Å². The van der Waals surface area contributed by atoms with Crippen LogP contribution in [0.1, 0.15) is 23.6 Å². The number of halogens is 2. The zero-order valence-electron chi connectivity index (χ0n) is 16.5. The third-order valence-corrected chi connectivity index (χ3v) is 4.95. The van der Waals surface area contributed by atoms with E-state index in [0.29, 0.717) is 13.2 Å². The molecule has 0 aromatic heterocycles. The summed E-state index contributed by atoms with van der Waals surface area (Å²) < 4.78 is 11.8. The van der Waals surface area contributed by atoms with Gasteiger partial charge in [0.2, 0.25) is 0 Å². The maximum absolute atomic E-state index is 5.96. The summed E-state index contributed by atoms with van der Waals surface area (Å²) in [7, 11) is 0. The van der Waals surface area contributed by atoms with Gasteiger partial charge in [0.1, 0.15) is 6.61 Å². The second-order valence-electron chi connectivity index (χ2n) is 6.68. The third-order valence-electron chi connectivity index (χ3n) is 4.45. The van der Waals surface area contributed by atoms with Gasteiger partial charge in [-0.1, -0.05) is 53.5 Å². The largest absolute Gasteiger partial charge is 0.490 e. The van der Waals surface area contributed by atoms with Crippen molar-refractivity contribution in [2.45, 2.75) is 26.5 Å². The maximum atomic E-state index is 5.96. The summed E-state index contributed by atoms with van der Waals surface area (Å²) in [6.07, 6.45) is 0.956. The van der Waals surface area contributed by atoms with E-state index in [1.807, 2.05) is 55.5 Å². The minimum Gasteiger partial charge on any atom is -0.490 e. The molecule has 152 valence electrons. The van der Waals surface area contributed by atoms with Crippen LogP contribution in [0.3, 0.4) is 0 Å². The highest BCUT2D eigenvalue weighted by Crippen LogP contribution is 2.29. The fourth-order valence-corrected chi connectivity index (χ4v) is 3.16. The van der Waals surface area contributed by atoms with E-state index in [1.54, 1.807) is 0 Å². The second-order valence-corrected chi connectivity index (χ2v) is 7.56. The number of rotatable bonds is 10. The van der Waals surface area contributed by atoms with E-state index in [0.717, 1.165) is 52.2 Å². The minimum absolute atomic E-state index is 0.468. The Morgan fingerprint density at radius 2 is 1.34 bits per heavy atom. The van der Waals surface area contributed by atoms with Gasteiger partial charge in [0.15, 0.2) is 11.5 Å². The van der Waals surface area contributed by atoms with Crippen molar-refractivity contribution in [2.75, 3.05) is 13.2 Å². The molecule has 0 amide bonds. The Hall–Kier alpha value is -2.20. The molecule has 0 saturated heterocycles. The summed E-state index contributed by atoms with van der Waals surface area (Å²) in [5.41, 5.74) is 3.48. The molecule has 3 aromatic rings. The first kappa shape index (κ1) is 21.5. The zero-order chi connectivity index (χ0) is 20.5. The van der Waals surface area contributed by atoms with Crippen molar-refractivity contribution in [2.24, 2.45) is 0 Å². The van der Waals surface area contributed by atoms with Gasteiger partial charge in [-0.25, -0.2) is 0 Å². The van der Waals surface area contributed by atoms with E-state index in [9.17, 15) is 0 Å². The molecular formula is C24H25Cl2NO2. The van der Waals surface area contributed by atoms with Gasteiger partial charge in [0.25, 0.3) is 0 Å². The van der Waals surface area contributed by atoms with Gasteiger partial charge < -0.3 is 14.8 Å². The normalized spacial score (nSPS) is 10.7.